The molecule has 0 saturated carbocycles. The third-order valence-electron chi connectivity index (χ3n) is 3.96. The Bertz CT molecular complexity index is 208. The van der Waals surface area contributed by atoms with Crippen molar-refractivity contribution < 1.29 is 0 Å². The van der Waals surface area contributed by atoms with Gasteiger partial charge < -0.3 is 10.6 Å². The Morgan fingerprint density at radius 1 is 0.762 bits per heavy atom. The first-order valence-electron chi connectivity index (χ1n) is 9.44. The summed E-state index contributed by atoms with van der Waals surface area (Å²) in [6.45, 7) is 13.5. The molecule has 2 heteroatoms. The molecule has 128 valence electrons. The van der Waals surface area contributed by atoms with Gasteiger partial charge >= 0.3 is 0 Å². The van der Waals surface area contributed by atoms with Crippen LogP contribution < -0.4 is 10.6 Å². The first-order valence-corrected chi connectivity index (χ1v) is 9.44. The molecule has 0 amide bonds. The number of hydrogen-bond acceptors (Lipinski definition) is 2. The van der Waals surface area contributed by atoms with Gasteiger partial charge in [0.25, 0.3) is 0 Å². The zero-order chi connectivity index (χ0) is 16.0. The van der Waals surface area contributed by atoms with Gasteiger partial charge in [-0.05, 0) is 40.7 Å². The lowest BCUT2D eigenvalue weighted by Gasteiger charge is -2.24. The van der Waals surface area contributed by atoms with Gasteiger partial charge in [0.15, 0.2) is 0 Å². The Kier molecular flexibility index (Phi) is 13.5. The first-order chi connectivity index (χ1) is 9.95. The third-order valence-corrected chi connectivity index (χ3v) is 3.96. The molecule has 1 unspecified atom stereocenters. The fourth-order valence-corrected chi connectivity index (χ4v) is 2.49. The van der Waals surface area contributed by atoms with Gasteiger partial charge in [0.1, 0.15) is 0 Å². The Morgan fingerprint density at radius 2 is 1.24 bits per heavy atom. The standard InChI is InChI=1S/C19H42N2/c1-6-7-8-9-10-11-12-13-14-15-16-20-18(2)17-21-19(3,4)5/h18,20-21H,6-17H2,1-5H3. The van der Waals surface area contributed by atoms with E-state index in [9.17, 15) is 0 Å². The van der Waals surface area contributed by atoms with E-state index in [-0.39, 0.29) is 5.54 Å². The van der Waals surface area contributed by atoms with Crippen molar-refractivity contribution in [2.45, 2.75) is 110 Å². The smallest absolute Gasteiger partial charge is 0.0164 e. The molecule has 0 aliphatic heterocycles. The molecule has 0 bridgehead atoms. The van der Waals surface area contributed by atoms with E-state index >= 15 is 0 Å². The van der Waals surface area contributed by atoms with Crippen LogP contribution in [-0.2, 0) is 0 Å². The van der Waals surface area contributed by atoms with Gasteiger partial charge in [-0.3, -0.25) is 0 Å². The molecule has 0 rings (SSSR count). The van der Waals surface area contributed by atoms with Crippen LogP contribution in [0.3, 0.4) is 0 Å². The van der Waals surface area contributed by atoms with E-state index in [2.05, 4.69) is 45.3 Å². The Morgan fingerprint density at radius 3 is 1.71 bits per heavy atom. The molecule has 2 nitrogen and oxygen atoms in total. The van der Waals surface area contributed by atoms with Crippen LogP contribution in [0.2, 0.25) is 0 Å². The molecule has 1 atom stereocenters. The van der Waals surface area contributed by atoms with Gasteiger partial charge in [0, 0.05) is 18.1 Å². The first kappa shape index (κ1) is 20.9. The zero-order valence-electron chi connectivity index (χ0n) is 15.6. The van der Waals surface area contributed by atoms with Crippen molar-refractivity contribution in [3.05, 3.63) is 0 Å². The summed E-state index contributed by atoms with van der Waals surface area (Å²) in [5, 5.41) is 7.17. The summed E-state index contributed by atoms with van der Waals surface area (Å²) in [7, 11) is 0. The van der Waals surface area contributed by atoms with Crippen molar-refractivity contribution in [2.24, 2.45) is 0 Å². The largest absolute Gasteiger partial charge is 0.313 e. The molecule has 0 heterocycles. The molecule has 2 N–H and O–H groups in total. The normalized spacial score (nSPS) is 13.6. The summed E-state index contributed by atoms with van der Waals surface area (Å²) < 4.78 is 0. The van der Waals surface area contributed by atoms with E-state index in [1.54, 1.807) is 0 Å². The minimum absolute atomic E-state index is 0.229. The second-order valence-electron chi connectivity index (χ2n) is 7.67. The molecule has 0 aliphatic carbocycles. The van der Waals surface area contributed by atoms with Crippen molar-refractivity contribution in [1.29, 1.82) is 0 Å². The molecule has 0 aliphatic rings. The molecule has 0 aromatic rings. The minimum Gasteiger partial charge on any atom is -0.313 e. The molecule has 0 spiro atoms. The van der Waals surface area contributed by atoms with Crippen LogP contribution in [0.15, 0.2) is 0 Å². The van der Waals surface area contributed by atoms with Crippen molar-refractivity contribution in [1.82, 2.24) is 10.6 Å². The number of unbranched alkanes of at least 4 members (excludes halogenated alkanes) is 9. The van der Waals surface area contributed by atoms with Crippen molar-refractivity contribution in [2.75, 3.05) is 13.1 Å². The summed E-state index contributed by atoms with van der Waals surface area (Å²) >= 11 is 0. The predicted molar refractivity (Wildman–Crippen MR) is 97.1 cm³/mol. The fraction of sp³-hybridized carbons (Fsp3) is 1.00. The number of nitrogens with one attached hydrogen (secondary N) is 2. The van der Waals surface area contributed by atoms with E-state index < -0.39 is 0 Å². The SMILES string of the molecule is CCCCCCCCCCCCNC(C)CNC(C)(C)C. The van der Waals surface area contributed by atoms with E-state index in [0.29, 0.717) is 6.04 Å². The number of rotatable bonds is 14. The maximum absolute atomic E-state index is 3.62. The van der Waals surface area contributed by atoms with Crippen molar-refractivity contribution in [3.63, 3.8) is 0 Å². The Balaban J connectivity index is 3.18. The number of hydrogen-bond donors (Lipinski definition) is 2. The fourth-order valence-electron chi connectivity index (χ4n) is 2.49. The van der Waals surface area contributed by atoms with Gasteiger partial charge in [-0.25, -0.2) is 0 Å². The molecule has 21 heavy (non-hydrogen) atoms. The van der Waals surface area contributed by atoms with Crippen LogP contribution >= 0.6 is 0 Å². The highest BCUT2D eigenvalue weighted by atomic mass is 15.0. The summed E-state index contributed by atoms with van der Waals surface area (Å²) in [6, 6.07) is 0.572. The topological polar surface area (TPSA) is 24.1 Å². The summed E-state index contributed by atoms with van der Waals surface area (Å²) in [5.74, 6) is 0. The third kappa shape index (κ3) is 17.9. The van der Waals surface area contributed by atoms with Crippen LogP contribution in [0, 0.1) is 0 Å². The summed E-state index contributed by atoms with van der Waals surface area (Å²) in [5.41, 5.74) is 0.229. The Hall–Kier alpha value is -0.0800. The van der Waals surface area contributed by atoms with Crippen LogP contribution in [0.5, 0.6) is 0 Å². The van der Waals surface area contributed by atoms with Crippen molar-refractivity contribution >= 4 is 0 Å². The quantitative estimate of drug-likeness (QED) is 0.427. The van der Waals surface area contributed by atoms with Crippen LogP contribution in [-0.4, -0.2) is 24.7 Å². The van der Waals surface area contributed by atoms with Gasteiger partial charge in [-0.15, -0.1) is 0 Å². The Labute approximate surface area is 134 Å². The average Bonchev–Trinajstić information content (AvgIpc) is 2.42. The monoisotopic (exact) mass is 298 g/mol. The molecule has 0 saturated heterocycles. The molecular weight excluding hydrogens is 256 g/mol. The highest BCUT2D eigenvalue weighted by Crippen LogP contribution is 2.10. The van der Waals surface area contributed by atoms with E-state index in [0.717, 1.165) is 6.54 Å². The van der Waals surface area contributed by atoms with Gasteiger partial charge in [0.05, 0.1) is 0 Å². The van der Waals surface area contributed by atoms with E-state index in [1.807, 2.05) is 0 Å². The lowest BCUT2D eigenvalue weighted by molar-refractivity contribution is 0.385. The predicted octanol–water partition coefficient (Wildman–Crippen LogP) is 5.27. The maximum Gasteiger partial charge on any atom is 0.0164 e. The minimum atomic E-state index is 0.229. The molecular formula is C19H42N2. The molecule has 0 fully saturated rings. The van der Waals surface area contributed by atoms with Gasteiger partial charge in [0.2, 0.25) is 0 Å². The second-order valence-corrected chi connectivity index (χ2v) is 7.67. The van der Waals surface area contributed by atoms with Gasteiger partial charge in [-0.2, -0.15) is 0 Å². The second kappa shape index (κ2) is 13.6. The van der Waals surface area contributed by atoms with Crippen molar-refractivity contribution in [3.8, 4) is 0 Å². The maximum atomic E-state index is 3.62. The van der Waals surface area contributed by atoms with Crippen LogP contribution in [0.4, 0.5) is 0 Å². The average molecular weight is 299 g/mol. The summed E-state index contributed by atoms with van der Waals surface area (Å²) in [4.78, 5) is 0. The lowest BCUT2D eigenvalue weighted by atomic mass is 10.1. The summed E-state index contributed by atoms with van der Waals surface area (Å²) in [6.07, 6.45) is 14.2. The molecule has 0 aromatic heterocycles. The lowest BCUT2D eigenvalue weighted by Crippen LogP contribution is -2.44. The van der Waals surface area contributed by atoms with Crippen LogP contribution in [0.25, 0.3) is 0 Å². The zero-order valence-corrected chi connectivity index (χ0v) is 15.6. The van der Waals surface area contributed by atoms with E-state index in [1.165, 1.54) is 70.8 Å². The van der Waals surface area contributed by atoms with E-state index in [4.69, 9.17) is 0 Å². The van der Waals surface area contributed by atoms with Gasteiger partial charge in [-0.1, -0.05) is 64.7 Å². The highest BCUT2D eigenvalue weighted by Gasteiger charge is 2.10. The van der Waals surface area contributed by atoms with Crippen LogP contribution in [0.1, 0.15) is 98.8 Å². The molecule has 0 radical (unpaired) electrons. The molecule has 0 aromatic carbocycles. The highest BCUT2D eigenvalue weighted by molar-refractivity contribution is 4.74.